The average molecular weight is 290 g/mol. The smallest absolute Gasteiger partial charge is 0.253 e. The molecule has 21 heavy (non-hydrogen) atoms. The van der Waals surface area contributed by atoms with Crippen LogP contribution in [-0.2, 0) is 4.74 Å². The molecule has 112 valence electrons. The molecule has 0 radical (unpaired) electrons. The second-order valence-electron chi connectivity index (χ2n) is 4.56. The van der Waals surface area contributed by atoms with Gasteiger partial charge in [0.25, 0.3) is 5.91 Å². The summed E-state index contributed by atoms with van der Waals surface area (Å²) in [5.74, 6) is 0.237. The van der Waals surface area contributed by atoms with E-state index in [1.165, 1.54) is 11.5 Å². The van der Waals surface area contributed by atoms with E-state index in [4.69, 9.17) is 9.47 Å². The molecule has 6 heteroatoms. The SMILES string of the molecule is COCCNC(=O)c1cn(C(C)=O)c2ccc(OC)cc12. The quantitative estimate of drug-likeness (QED) is 0.851. The predicted molar refractivity (Wildman–Crippen MR) is 79.0 cm³/mol. The van der Waals surface area contributed by atoms with E-state index >= 15 is 0 Å². The number of amides is 1. The first-order valence-electron chi connectivity index (χ1n) is 6.55. The van der Waals surface area contributed by atoms with Gasteiger partial charge in [-0.1, -0.05) is 0 Å². The zero-order valence-electron chi connectivity index (χ0n) is 12.3. The Bertz CT molecular complexity index is 676. The monoisotopic (exact) mass is 290 g/mol. The van der Waals surface area contributed by atoms with Gasteiger partial charge in [0.1, 0.15) is 5.75 Å². The van der Waals surface area contributed by atoms with E-state index in [1.807, 2.05) is 0 Å². The Morgan fingerprint density at radius 3 is 2.67 bits per heavy atom. The van der Waals surface area contributed by atoms with Gasteiger partial charge in [0.05, 0.1) is 24.8 Å². The minimum absolute atomic E-state index is 0.152. The number of hydrogen-bond acceptors (Lipinski definition) is 4. The summed E-state index contributed by atoms with van der Waals surface area (Å²) in [6.45, 7) is 2.29. The molecule has 0 spiro atoms. The van der Waals surface area contributed by atoms with Crippen LogP contribution in [0.5, 0.6) is 5.75 Å². The molecular weight excluding hydrogens is 272 g/mol. The molecule has 0 fully saturated rings. The van der Waals surface area contributed by atoms with Crippen LogP contribution in [0.3, 0.4) is 0 Å². The Hall–Kier alpha value is -2.34. The average Bonchev–Trinajstić information content (AvgIpc) is 2.86. The van der Waals surface area contributed by atoms with Crippen LogP contribution in [0, 0.1) is 0 Å². The summed E-state index contributed by atoms with van der Waals surface area (Å²) in [5, 5.41) is 3.43. The fraction of sp³-hybridized carbons (Fsp3) is 0.333. The van der Waals surface area contributed by atoms with Gasteiger partial charge in [-0.15, -0.1) is 0 Å². The normalized spacial score (nSPS) is 10.6. The van der Waals surface area contributed by atoms with E-state index in [1.54, 1.807) is 38.6 Å². The van der Waals surface area contributed by atoms with Crippen LogP contribution in [0.4, 0.5) is 0 Å². The first kappa shape index (κ1) is 15.1. The molecule has 2 aromatic rings. The highest BCUT2D eigenvalue weighted by atomic mass is 16.5. The summed E-state index contributed by atoms with van der Waals surface area (Å²) in [7, 11) is 3.13. The van der Waals surface area contributed by atoms with Crippen LogP contribution in [0.15, 0.2) is 24.4 Å². The van der Waals surface area contributed by atoms with Crippen LogP contribution in [-0.4, -0.2) is 43.8 Å². The lowest BCUT2D eigenvalue weighted by Crippen LogP contribution is -2.26. The van der Waals surface area contributed by atoms with Crippen LogP contribution in [0.25, 0.3) is 10.9 Å². The number of ether oxygens (including phenoxy) is 2. The van der Waals surface area contributed by atoms with Crippen molar-refractivity contribution in [3.05, 3.63) is 30.0 Å². The van der Waals surface area contributed by atoms with Crippen LogP contribution in [0.2, 0.25) is 0 Å². The van der Waals surface area contributed by atoms with Gasteiger partial charge in [0.2, 0.25) is 5.91 Å². The molecule has 1 amide bonds. The van der Waals surface area contributed by atoms with Crippen molar-refractivity contribution in [2.24, 2.45) is 0 Å². The van der Waals surface area contributed by atoms with Gasteiger partial charge >= 0.3 is 0 Å². The maximum absolute atomic E-state index is 12.2. The van der Waals surface area contributed by atoms with E-state index in [0.717, 1.165) is 0 Å². The Kier molecular flexibility index (Phi) is 4.59. The second-order valence-corrected chi connectivity index (χ2v) is 4.56. The van der Waals surface area contributed by atoms with E-state index in [-0.39, 0.29) is 11.8 Å². The van der Waals surface area contributed by atoms with E-state index in [0.29, 0.717) is 35.4 Å². The molecule has 6 nitrogen and oxygen atoms in total. The molecule has 0 bridgehead atoms. The number of fused-ring (bicyclic) bond motifs is 1. The Labute approximate surface area is 122 Å². The van der Waals surface area contributed by atoms with E-state index in [9.17, 15) is 9.59 Å². The third-order valence-electron chi connectivity index (χ3n) is 3.19. The van der Waals surface area contributed by atoms with Crippen molar-refractivity contribution in [1.29, 1.82) is 0 Å². The fourth-order valence-corrected chi connectivity index (χ4v) is 2.14. The molecule has 0 aliphatic rings. The summed E-state index contributed by atoms with van der Waals surface area (Å²) in [6, 6.07) is 5.27. The number of nitrogens with zero attached hydrogens (tertiary/aromatic N) is 1. The Morgan fingerprint density at radius 1 is 1.29 bits per heavy atom. The number of carbonyl (C=O) groups is 2. The minimum Gasteiger partial charge on any atom is -0.497 e. The van der Waals surface area contributed by atoms with Gasteiger partial charge in [-0.3, -0.25) is 14.2 Å². The fourth-order valence-electron chi connectivity index (χ4n) is 2.14. The van der Waals surface area contributed by atoms with Gasteiger partial charge in [-0.25, -0.2) is 0 Å². The highest BCUT2D eigenvalue weighted by Gasteiger charge is 2.17. The standard InChI is InChI=1S/C15H18N2O4/c1-10(18)17-9-13(15(19)16-6-7-20-2)12-8-11(21-3)4-5-14(12)17/h4-5,8-9H,6-7H2,1-3H3,(H,16,19). The highest BCUT2D eigenvalue weighted by molar-refractivity contribution is 6.09. The van der Waals surface area contributed by atoms with Gasteiger partial charge in [0, 0.05) is 32.2 Å². The molecule has 1 aromatic heterocycles. The molecule has 0 atom stereocenters. The number of methoxy groups -OCH3 is 2. The molecule has 0 unspecified atom stereocenters. The van der Waals surface area contributed by atoms with E-state index < -0.39 is 0 Å². The maximum Gasteiger partial charge on any atom is 0.253 e. The summed E-state index contributed by atoms with van der Waals surface area (Å²) in [5.41, 5.74) is 1.12. The van der Waals surface area contributed by atoms with Crippen molar-refractivity contribution in [1.82, 2.24) is 9.88 Å². The minimum atomic E-state index is -0.245. The maximum atomic E-state index is 12.2. The van der Waals surface area contributed by atoms with Crippen molar-refractivity contribution in [3.63, 3.8) is 0 Å². The molecule has 0 aliphatic heterocycles. The highest BCUT2D eigenvalue weighted by Crippen LogP contribution is 2.26. The second kappa shape index (κ2) is 6.41. The molecule has 1 heterocycles. The number of rotatable bonds is 5. The predicted octanol–water partition coefficient (Wildman–Crippen LogP) is 1.69. The first-order chi connectivity index (χ1) is 10.1. The molecule has 2 rings (SSSR count). The van der Waals surface area contributed by atoms with Crippen molar-refractivity contribution in [2.45, 2.75) is 6.92 Å². The summed E-state index contributed by atoms with van der Waals surface area (Å²) >= 11 is 0. The first-order valence-corrected chi connectivity index (χ1v) is 6.55. The van der Waals surface area contributed by atoms with Gasteiger partial charge in [-0.05, 0) is 18.2 Å². The van der Waals surface area contributed by atoms with Gasteiger partial charge in [-0.2, -0.15) is 0 Å². The topological polar surface area (TPSA) is 69.6 Å². The van der Waals surface area contributed by atoms with Crippen molar-refractivity contribution in [2.75, 3.05) is 27.4 Å². The number of aromatic nitrogens is 1. The number of nitrogens with one attached hydrogen (secondary N) is 1. The lowest BCUT2D eigenvalue weighted by Gasteiger charge is -2.04. The summed E-state index contributed by atoms with van der Waals surface area (Å²) in [6.07, 6.45) is 1.55. The zero-order chi connectivity index (χ0) is 15.4. The summed E-state index contributed by atoms with van der Waals surface area (Å²) < 4.78 is 11.5. The third kappa shape index (κ3) is 3.05. The molecule has 0 saturated carbocycles. The molecular formula is C15H18N2O4. The van der Waals surface area contributed by atoms with E-state index in [2.05, 4.69) is 5.32 Å². The number of hydrogen-bond donors (Lipinski definition) is 1. The number of carbonyl (C=O) groups excluding carboxylic acids is 2. The molecule has 0 saturated heterocycles. The number of benzene rings is 1. The van der Waals surface area contributed by atoms with Crippen molar-refractivity contribution in [3.8, 4) is 5.75 Å². The van der Waals surface area contributed by atoms with Crippen molar-refractivity contribution < 1.29 is 19.1 Å². The van der Waals surface area contributed by atoms with Crippen LogP contribution in [0.1, 0.15) is 22.1 Å². The molecule has 1 N–H and O–H groups in total. The summed E-state index contributed by atoms with van der Waals surface area (Å²) in [4.78, 5) is 23.9. The van der Waals surface area contributed by atoms with Gasteiger partial charge < -0.3 is 14.8 Å². The zero-order valence-corrected chi connectivity index (χ0v) is 12.3. The third-order valence-corrected chi connectivity index (χ3v) is 3.19. The van der Waals surface area contributed by atoms with Gasteiger partial charge in [0.15, 0.2) is 0 Å². The lowest BCUT2D eigenvalue weighted by molar-refractivity contribution is 0.0938. The lowest BCUT2D eigenvalue weighted by atomic mass is 10.1. The van der Waals surface area contributed by atoms with Crippen LogP contribution >= 0.6 is 0 Å². The van der Waals surface area contributed by atoms with Crippen LogP contribution < -0.4 is 10.1 Å². The largest absolute Gasteiger partial charge is 0.497 e. The Balaban J connectivity index is 2.46. The Morgan fingerprint density at radius 2 is 2.05 bits per heavy atom. The molecule has 0 aliphatic carbocycles. The molecule has 1 aromatic carbocycles. The van der Waals surface area contributed by atoms with Crippen molar-refractivity contribution >= 4 is 22.7 Å².